The number of amides is 1. The van der Waals surface area contributed by atoms with E-state index in [4.69, 9.17) is 11.6 Å². The van der Waals surface area contributed by atoms with Gasteiger partial charge in [0.05, 0.1) is 17.0 Å². The largest absolute Gasteiger partial charge is 0.509 e. The van der Waals surface area contributed by atoms with Crippen LogP contribution in [0.4, 0.5) is 13.2 Å². The number of carbonyl (C=O) groups is 1. The van der Waals surface area contributed by atoms with Crippen molar-refractivity contribution >= 4 is 23.1 Å². The summed E-state index contributed by atoms with van der Waals surface area (Å²) in [5.74, 6) is -1.99. The summed E-state index contributed by atoms with van der Waals surface area (Å²) in [6.07, 6.45) is -4.37. The molecule has 0 bridgehead atoms. The lowest BCUT2D eigenvalue weighted by molar-refractivity contribution is -0.184. The number of halogens is 4. The lowest BCUT2D eigenvalue weighted by Crippen LogP contribution is -2.48. The molecular weight excluding hydrogens is 427 g/mol. The maximum Gasteiger partial charge on any atom is 0.391 e. The number of nitrogens with one attached hydrogen (secondary N) is 1. The molecule has 0 aromatic heterocycles. The number of aryl methyl sites for hydroxylation is 2. The predicted octanol–water partition coefficient (Wildman–Crippen LogP) is 6.51. The first-order valence-electron chi connectivity index (χ1n) is 10.2. The Labute approximate surface area is 183 Å². The van der Waals surface area contributed by atoms with Gasteiger partial charge in [0, 0.05) is 5.02 Å². The van der Waals surface area contributed by atoms with Crippen LogP contribution in [0.1, 0.15) is 42.4 Å². The van der Waals surface area contributed by atoms with Gasteiger partial charge in [-0.05, 0) is 85.5 Å². The van der Waals surface area contributed by atoms with E-state index in [1.165, 1.54) is 0 Å². The van der Waals surface area contributed by atoms with Crippen LogP contribution in [0.2, 0.25) is 5.02 Å². The molecule has 4 rings (SSSR count). The van der Waals surface area contributed by atoms with Crippen LogP contribution in [0.15, 0.2) is 42.2 Å². The van der Waals surface area contributed by atoms with Crippen LogP contribution in [0.25, 0.3) is 16.7 Å². The number of aliphatic hydroxyl groups is 1. The van der Waals surface area contributed by atoms with Gasteiger partial charge < -0.3 is 10.4 Å². The van der Waals surface area contributed by atoms with E-state index in [0.29, 0.717) is 10.6 Å². The van der Waals surface area contributed by atoms with E-state index in [1.807, 2.05) is 38.1 Å². The molecular formula is C24H23ClF3NO2. The van der Waals surface area contributed by atoms with Gasteiger partial charge in [-0.15, -0.1) is 0 Å². The Morgan fingerprint density at radius 3 is 2.19 bits per heavy atom. The third kappa shape index (κ3) is 3.82. The molecule has 0 saturated heterocycles. The maximum absolute atomic E-state index is 13.1. The molecule has 0 radical (unpaired) electrons. The van der Waals surface area contributed by atoms with E-state index < -0.39 is 23.5 Å². The van der Waals surface area contributed by atoms with Gasteiger partial charge in [-0.2, -0.15) is 13.2 Å². The molecule has 3 nitrogen and oxygen atoms in total. The number of hydrogen-bond acceptors (Lipinski definition) is 2. The molecule has 2 aromatic rings. The molecule has 2 N–H and O–H groups in total. The minimum Gasteiger partial charge on any atom is -0.509 e. The SMILES string of the molecule is Cc1cc(C)c(-c2ccc(Cl)cc2)cc1C1=C(O)[C@]2(CC[C@H](C(F)(F)F)CC2)NC1=O. The minimum absolute atomic E-state index is 0.0627. The molecule has 1 heterocycles. The molecule has 1 saturated carbocycles. The van der Waals surface area contributed by atoms with Crippen molar-refractivity contribution in [3.8, 4) is 11.1 Å². The third-order valence-electron chi connectivity index (χ3n) is 6.57. The first kappa shape index (κ1) is 21.8. The fourth-order valence-corrected chi connectivity index (χ4v) is 4.92. The molecule has 1 amide bonds. The first-order chi connectivity index (χ1) is 14.5. The van der Waals surface area contributed by atoms with Crippen LogP contribution in [-0.4, -0.2) is 22.7 Å². The predicted molar refractivity (Wildman–Crippen MR) is 115 cm³/mol. The molecule has 164 valence electrons. The van der Waals surface area contributed by atoms with Crippen LogP contribution in [0, 0.1) is 19.8 Å². The zero-order valence-corrected chi connectivity index (χ0v) is 18.0. The normalized spacial score (nSPS) is 24.1. The summed E-state index contributed by atoms with van der Waals surface area (Å²) < 4.78 is 39.2. The lowest BCUT2D eigenvalue weighted by atomic mass is 9.75. The Morgan fingerprint density at radius 2 is 1.61 bits per heavy atom. The second kappa shape index (κ2) is 7.59. The number of aliphatic hydroxyl groups excluding tert-OH is 1. The zero-order chi connectivity index (χ0) is 22.6. The molecule has 7 heteroatoms. The van der Waals surface area contributed by atoms with Crippen LogP contribution in [0.5, 0.6) is 0 Å². The highest BCUT2D eigenvalue weighted by Gasteiger charge is 2.52. The van der Waals surface area contributed by atoms with Crippen LogP contribution >= 0.6 is 11.6 Å². The van der Waals surface area contributed by atoms with Gasteiger partial charge in [0.25, 0.3) is 5.91 Å². The Kier molecular flexibility index (Phi) is 5.32. The van der Waals surface area contributed by atoms with Gasteiger partial charge in [0.1, 0.15) is 5.76 Å². The van der Waals surface area contributed by atoms with E-state index in [2.05, 4.69) is 5.32 Å². The second-order valence-electron chi connectivity index (χ2n) is 8.56. The van der Waals surface area contributed by atoms with Crippen molar-refractivity contribution in [1.29, 1.82) is 0 Å². The van der Waals surface area contributed by atoms with Crippen molar-refractivity contribution in [2.45, 2.75) is 51.2 Å². The zero-order valence-electron chi connectivity index (χ0n) is 17.2. The standard InChI is InChI=1S/C24H23ClF3NO2/c1-13-11-14(2)19(12-18(13)15-3-5-17(25)6-4-15)20-21(30)23(29-22(20)31)9-7-16(8-10-23)24(26,27)28/h3-6,11-12,16,30H,7-10H2,1-2H3,(H,29,31)/t16-,23+. The molecule has 2 aromatic carbocycles. The minimum atomic E-state index is -4.26. The average Bonchev–Trinajstić information content (AvgIpc) is 2.92. The fourth-order valence-electron chi connectivity index (χ4n) is 4.80. The summed E-state index contributed by atoms with van der Waals surface area (Å²) in [5.41, 5.74) is 3.24. The van der Waals surface area contributed by atoms with Gasteiger partial charge >= 0.3 is 6.18 Å². The summed E-state index contributed by atoms with van der Waals surface area (Å²) in [5, 5.41) is 14.5. The smallest absolute Gasteiger partial charge is 0.391 e. The Hall–Kier alpha value is -2.47. The van der Waals surface area contributed by atoms with Gasteiger partial charge in [-0.1, -0.05) is 29.8 Å². The molecule has 1 aliphatic heterocycles. The third-order valence-corrected chi connectivity index (χ3v) is 6.82. The second-order valence-corrected chi connectivity index (χ2v) is 9.00. The van der Waals surface area contributed by atoms with Crippen molar-refractivity contribution in [2.75, 3.05) is 0 Å². The van der Waals surface area contributed by atoms with Gasteiger partial charge in [-0.3, -0.25) is 4.79 Å². The van der Waals surface area contributed by atoms with Gasteiger partial charge in [0.15, 0.2) is 0 Å². The topological polar surface area (TPSA) is 49.3 Å². The summed E-state index contributed by atoms with van der Waals surface area (Å²) >= 11 is 5.99. The highest BCUT2D eigenvalue weighted by Crippen LogP contribution is 2.47. The Balaban J connectivity index is 1.74. The summed E-state index contributed by atoms with van der Waals surface area (Å²) in [7, 11) is 0. The molecule has 1 aliphatic carbocycles. The lowest BCUT2D eigenvalue weighted by Gasteiger charge is -2.37. The van der Waals surface area contributed by atoms with Crippen molar-refractivity contribution < 1.29 is 23.1 Å². The first-order valence-corrected chi connectivity index (χ1v) is 10.6. The maximum atomic E-state index is 13.1. The number of carbonyl (C=O) groups excluding carboxylic acids is 1. The van der Waals surface area contributed by atoms with E-state index in [9.17, 15) is 23.1 Å². The van der Waals surface area contributed by atoms with Crippen molar-refractivity contribution in [3.05, 3.63) is 63.9 Å². The van der Waals surface area contributed by atoms with Crippen molar-refractivity contribution in [3.63, 3.8) is 0 Å². The molecule has 1 spiro atoms. The molecule has 0 atom stereocenters. The van der Waals surface area contributed by atoms with Crippen molar-refractivity contribution in [1.82, 2.24) is 5.32 Å². The van der Waals surface area contributed by atoms with Crippen LogP contribution in [0.3, 0.4) is 0 Å². The monoisotopic (exact) mass is 449 g/mol. The van der Waals surface area contributed by atoms with E-state index in [-0.39, 0.29) is 37.0 Å². The number of benzene rings is 2. The van der Waals surface area contributed by atoms with Crippen molar-refractivity contribution in [2.24, 2.45) is 5.92 Å². The van der Waals surface area contributed by atoms with Crippen LogP contribution in [-0.2, 0) is 4.79 Å². The highest BCUT2D eigenvalue weighted by molar-refractivity contribution is 6.30. The highest BCUT2D eigenvalue weighted by atomic mass is 35.5. The summed E-state index contributed by atoms with van der Waals surface area (Å²) in [6.45, 7) is 3.82. The summed E-state index contributed by atoms with van der Waals surface area (Å²) in [6, 6.07) is 11.1. The average molecular weight is 450 g/mol. The Bertz CT molecular complexity index is 1070. The molecule has 2 aliphatic rings. The number of alkyl halides is 3. The van der Waals surface area contributed by atoms with E-state index in [0.717, 1.165) is 22.3 Å². The molecule has 1 fully saturated rings. The number of rotatable bonds is 2. The van der Waals surface area contributed by atoms with Gasteiger partial charge in [0.2, 0.25) is 0 Å². The Morgan fingerprint density at radius 1 is 1.03 bits per heavy atom. The molecule has 31 heavy (non-hydrogen) atoms. The number of hydrogen-bond donors (Lipinski definition) is 2. The fraction of sp³-hybridized carbons (Fsp3) is 0.375. The van der Waals surface area contributed by atoms with Crippen LogP contribution < -0.4 is 5.32 Å². The van der Waals surface area contributed by atoms with Gasteiger partial charge in [-0.25, -0.2) is 0 Å². The van der Waals surface area contributed by atoms with E-state index >= 15 is 0 Å². The quantitative estimate of drug-likeness (QED) is 0.548. The summed E-state index contributed by atoms with van der Waals surface area (Å²) in [4.78, 5) is 12.9. The molecule has 0 unspecified atom stereocenters. The van der Waals surface area contributed by atoms with E-state index in [1.54, 1.807) is 12.1 Å².